The number of esters is 1. The summed E-state index contributed by atoms with van der Waals surface area (Å²) < 4.78 is 6.04. The van der Waals surface area contributed by atoms with Gasteiger partial charge in [0.05, 0.1) is 0 Å². The Kier molecular flexibility index (Phi) is 39.5. The third-order valence-corrected chi connectivity index (χ3v) is 9.83. The minimum Gasteiger partial charge on any atom is -0.480 e. The first-order chi connectivity index (χ1) is 25.5. The van der Waals surface area contributed by atoms with Crippen LogP contribution in [0.4, 0.5) is 0 Å². The van der Waals surface area contributed by atoms with Crippen LogP contribution in [0.25, 0.3) is 0 Å². The van der Waals surface area contributed by atoms with Gasteiger partial charge < -0.3 is 15.2 Å². The van der Waals surface area contributed by atoms with E-state index in [4.69, 9.17) is 9.84 Å². The number of carbonyl (C=O) groups is 3. The number of aliphatic carboxylic acids is 1. The molecular formula is C46H83NO5. The third-order valence-electron chi connectivity index (χ3n) is 9.83. The first-order valence-corrected chi connectivity index (χ1v) is 22.1. The molecule has 0 saturated carbocycles. The van der Waals surface area contributed by atoms with Crippen molar-refractivity contribution < 1.29 is 24.2 Å². The van der Waals surface area contributed by atoms with Gasteiger partial charge in [-0.15, -0.1) is 0 Å². The van der Waals surface area contributed by atoms with Crippen LogP contribution < -0.4 is 5.32 Å². The van der Waals surface area contributed by atoms with Gasteiger partial charge in [-0.05, 0) is 70.6 Å². The minimum absolute atomic E-state index is 0.0221. The van der Waals surface area contributed by atoms with Crippen molar-refractivity contribution in [2.75, 3.05) is 6.54 Å². The fourth-order valence-electron chi connectivity index (χ4n) is 6.59. The second-order valence-electron chi connectivity index (χ2n) is 14.9. The van der Waals surface area contributed by atoms with Crippen molar-refractivity contribution in [3.05, 3.63) is 36.5 Å². The molecule has 0 rings (SSSR count). The molecule has 0 saturated heterocycles. The molecule has 0 aromatic heterocycles. The molecule has 0 aliphatic heterocycles. The summed E-state index contributed by atoms with van der Waals surface area (Å²) in [6.07, 6.45) is 51.2. The summed E-state index contributed by atoms with van der Waals surface area (Å²) >= 11 is 0. The Labute approximate surface area is 321 Å². The van der Waals surface area contributed by atoms with Crippen molar-refractivity contribution in [3.63, 3.8) is 0 Å². The zero-order chi connectivity index (χ0) is 38.0. The number of ether oxygens (including phenoxy) is 1. The number of carbonyl (C=O) groups excluding carboxylic acids is 2. The molecule has 52 heavy (non-hydrogen) atoms. The standard InChI is InChI=1S/C46H83NO5/c1-3-5-7-9-11-13-15-17-18-19-20-22-24-26-28-33-37-41-46(51)52-43(39-35-31-29-32-36-40-44(48)47-42-45(49)50)38-34-30-27-25-23-21-16-14-12-10-8-6-4-2/h5,7,11,13,17-18,43H,3-4,6,8-10,12,14-16,19-42H2,1-2H3,(H,47,48)(H,49,50)/b7-5-,13-11-,18-17-. The van der Waals surface area contributed by atoms with Crippen LogP contribution in [-0.2, 0) is 19.1 Å². The van der Waals surface area contributed by atoms with Crippen molar-refractivity contribution in [2.24, 2.45) is 0 Å². The van der Waals surface area contributed by atoms with Crippen molar-refractivity contribution in [1.82, 2.24) is 5.32 Å². The number of carboxylic acid groups (broad SMARTS) is 1. The maximum absolute atomic E-state index is 12.8. The number of rotatable bonds is 40. The van der Waals surface area contributed by atoms with Gasteiger partial charge in [-0.25, -0.2) is 0 Å². The molecule has 0 heterocycles. The molecule has 1 unspecified atom stereocenters. The summed E-state index contributed by atoms with van der Waals surface area (Å²) in [5, 5.41) is 11.1. The molecule has 1 atom stereocenters. The monoisotopic (exact) mass is 730 g/mol. The van der Waals surface area contributed by atoms with Crippen molar-refractivity contribution in [2.45, 2.75) is 232 Å². The van der Waals surface area contributed by atoms with E-state index in [1.165, 1.54) is 116 Å². The Balaban J connectivity index is 4.16. The summed E-state index contributed by atoms with van der Waals surface area (Å²) in [5.41, 5.74) is 0. The molecule has 0 aromatic rings. The van der Waals surface area contributed by atoms with Gasteiger partial charge in [-0.1, -0.05) is 179 Å². The van der Waals surface area contributed by atoms with Gasteiger partial charge in [-0.2, -0.15) is 0 Å². The highest BCUT2D eigenvalue weighted by Crippen LogP contribution is 2.19. The van der Waals surface area contributed by atoms with Crippen molar-refractivity contribution in [1.29, 1.82) is 0 Å². The second kappa shape index (κ2) is 41.4. The molecule has 2 N–H and O–H groups in total. The number of unbranched alkanes of at least 4 members (excludes halogenated alkanes) is 23. The van der Waals surface area contributed by atoms with E-state index in [2.05, 4.69) is 55.6 Å². The van der Waals surface area contributed by atoms with Gasteiger partial charge in [0.1, 0.15) is 12.6 Å². The van der Waals surface area contributed by atoms with E-state index in [0.29, 0.717) is 12.8 Å². The fraction of sp³-hybridized carbons (Fsp3) is 0.804. The lowest BCUT2D eigenvalue weighted by Crippen LogP contribution is -2.28. The van der Waals surface area contributed by atoms with Crippen LogP contribution in [0.3, 0.4) is 0 Å². The minimum atomic E-state index is -1.02. The lowest BCUT2D eigenvalue weighted by molar-refractivity contribution is -0.150. The highest BCUT2D eigenvalue weighted by Gasteiger charge is 2.14. The van der Waals surface area contributed by atoms with Crippen molar-refractivity contribution in [3.8, 4) is 0 Å². The molecule has 302 valence electrons. The molecule has 6 heteroatoms. The van der Waals surface area contributed by atoms with Crippen LogP contribution in [0.2, 0.25) is 0 Å². The Morgan fingerprint density at radius 1 is 0.519 bits per heavy atom. The average Bonchev–Trinajstić information content (AvgIpc) is 3.13. The quantitative estimate of drug-likeness (QED) is 0.0372. The number of hydrogen-bond donors (Lipinski definition) is 2. The Bertz CT molecular complexity index is 895. The van der Waals surface area contributed by atoms with Gasteiger partial charge in [0.2, 0.25) is 5.91 Å². The molecule has 0 bridgehead atoms. The zero-order valence-electron chi connectivity index (χ0n) is 34.2. The first-order valence-electron chi connectivity index (χ1n) is 22.1. The topological polar surface area (TPSA) is 92.7 Å². The van der Waals surface area contributed by atoms with Crippen LogP contribution in [0.1, 0.15) is 226 Å². The van der Waals surface area contributed by atoms with E-state index in [9.17, 15) is 14.4 Å². The molecule has 0 fully saturated rings. The molecule has 0 aliphatic carbocycles. The maximum atomic E-state index is 12.8. The van der Waals surface area contributed by atoms with E-state index in [0.717, 1.165) is 83.5 Å². The average molecular weight is 730 g/mol. The molecule has 0 radical (unpaired) electrons. The first kappa shape index (κ1) is 49.6. The summed E-state index contributed by atoms with van der Waals surface area (Å²) in [6, 6.07) is 0. The maximum Gasteiger partial charge on any atom is 0.322 e. The number of amides is 1. The van der Waals surface area contributed by atoms with E-state index < -0.39 is 5.97 Å². The van der Waals surface area contributed by atoms with E-state index in [1.54, 1.807) is 0 Å². The largest absolute Gasteiger partial charge is 0.480 e. The molecule has 0 aliphatic rings. The predicted molar refractivity (Wildman–Crippen MR) is 222 cm³/mol. The highest BCUT2D eigenvalue weighted by atomic mass is 16.5. The SMILES string of the molecule is CC/C=C\C/C=C\C/C=C\CCCCCCCCCC(=O)OC(CCCCCCCCCCCCCCC)CCCCCCCC(=O)NCC(=O)O. The normalized spacial score (nSPS) is 12.3. The summed E-state index contributed by atoms with van der Waals surface area (Å²) in [7, 11) is 0. The van der Waals surface area contributed by atoms with Gasteiger partial charge in [-0.3, -0.25) is 14.4 Å². The molecule has 6 nitrogen and oxygen atoms in total. The predicted octanol–water partition coefficient (Wildman–Crippen LogP) is 13.7. The van der Waals surface area contributed by atoms with E-state index >= 15 is 0 Å². The van der Waals surface area contributed by atoms with E-state index in [1.807, 2.05) is 0 Å². The van der Waals surface area contributed by atoms with Crippen LogP contribution in [0.15, 0.2) is 36.5 Å². The molecular weight excluding hydrogens is 647 g/mol. The smallest absolute Gasteiger partial charge is 0.322 e. The number of nitrogens with one attached hydrogen (secondary N) is 1. The summed E-state index contributed by atoms with van der Waals surface area (Å²) in [5.74, 6) is -1.23. The molecule has 1 amide bonds. The third kappa shape index (κ3) is 40.4. The molecule has 0 spiro atoms. The van der Waals surface area contributed by atoms with Gasteiger partial charge >= 0.3 is 11.9 Å². The van der Waals surface area contributed by atoms with Crippen LogP contribution in [-0.4, -0.2) is 35.6 Å². The Morgan fingerprint density at radius 2 is 0.942 bits per heavy atom. The summed E-state index contributed by atoms with van der Waals surface area (Å²) in [4.78, 5) is 35.1. The highest BCUT2D eigenvalue weighted by molar-refractivity contribution is 5.80. The lowest BCUT2D eigenvalue weighted by Gasteiger charge is -2.18. The van der Waals surface area contributed by atoms with Crippen LogP contribution in [0, 0.1) is 0 Å². The van der Waals surface area contributed by atoms with Gasteiger partial charge in [0.25, 0.3) is 0 Å². The van der Waals surface area contributed by atoms with Gasteiger partial charge in [0, 0.05) is 12.8 Å². The second-order valence-corrected chi connectivity index (χ2v) is 14.9. The van der Waals surface area contributed by atoms with E-state index in [-0.39, 0.29) is 24.5 Å². The number of allylic oxidation sites excluding steroid dienone is 6. The number of carboxylic acids is 1. The summed E-state index contributed by atoms with van der Waals surface area (Å²) in [6.45, 7) is 4.13. The van der Waals surface area contributed by atoms with Crippen LogP contribution >= 0.6 is 0 Å². The Hall–Kier alpha value is -2.37. The van der Waals surface area contributed by atoms with Gasteiger partial charge in [0.15, 0.2) is 0 Å². The van der Waals surface area contributed by atoms with Crippen molar-refractivity contribution >= 4 is 17.8 Å². The lowest BCUT2D eigenvalue weighted by atomic mass is 10.0. The Morgan fingerprint density at radius 3 is 1.44 bits per heavy atom. The molecule has 0 aromatic carbocycles. The zero-order valence-corrected chi connectivity index (χ0v) is 34.2. The van der Waals surface area contributed by atoms with Crippen LogP contribution in [0.5, 0.6) is 0 Å². The number of hydrogen-bond acceptors (Lipinski definition) is 4. The fourth-order valence-corrected chi connectivity index (χ4v) is 6.59.